The van der Waals surface area contributed by atoms with E-state index in [-0.39, 0.29) is 24.0 Å². The van der Waals surface area contributed by atoms with Gasteiger partial charge < -0.3 is 10.2 Å². The molecule has 138 valence electrons. The first-order valence-electron chi connectivity index (χ1n) is 8.67. The lowest BCUT2D eigenvalue weighted by Crippen LogP contribution is -2.40. The van der Waals surface area contributed by atoms with E-state index in [0.29, 0.717) is 6.04 Å². The highest BCUT2D eigenvalue weighted by molar-refractivity contribution is 14.0. The van der Waals surface area contributed by atoms with E-state index >= 15 is 0 Å². The summed E-state index contributed by atoms with van der Waals surface area (Å²) in [4.78, 5) is 14.1. The second-order valence-electron chi connectivity index (χ2n) is 6.51. The van der Waals surface area contributed by atoms with Gasteiger partial charge in [0.15, 0.2) is 5.96 Å². The van der Waals surface area contributed by atoms with Crippen molar-refractivity contribution in [2.24, 2.45) is 4.99 Å². The molecule has 1 saturated carbocycles. The maximum atomic E-state index is 4.81. The molecule has 24 heavy (non-hydrogen) atoms. The van der Waals surface area contributed by atoms with E-state index < -0.39 is 0 Å². The highest BCUT2D eigenvalue weighted by Gasteiger charge is 2.30. The van der Waals surface area contributed by atoms with Crippen LogP contribution in [0.1, 0.15) is 44.3 Å². The third-order valence-corrected chi connectivity index (χ3v) is 4.88. The fourth-order valence-corrected chi connectivity index (χ4v) is 3.41. The fourth-order valence-electron chi connectivity index (χ4n) is 2.81. The second kappa shape index (κ2) is 10.6. The molecule has 1 heterocycles. The third kappa shape index (κ3) is 6.84. The van der Waals surface area contributed by atoms with E-state index in [4.69, 9.17) is 4.99 Å². The van der Waals surface area contributed by atoms with Crippen LogP contribution in [0.4, 0.5) is 0 Å². The number of aryl methyl sites for hydroxylation is 1. The number of nitrogens with zero attached hydrogens (tertiary/aromatic N) is 4. The molecule has 1 aromatic rings. The van der Waals surface area contributed by atoms with Gasteiger partial charge in [0.2, 0.25) is 0 Å². The summed E-state index contributed by atoms with van der Waals surface area (Å²) in [7, 11) is 2.08. The predicted molar refractivity (Wildman–Crippen MR) is 115 cm³/mol. The minimum atomic E-state index is 0. The maximum absolute atomic E-state index is 4.81. The molecule has 5 nitrogen and oxygen atoms in total. The quantitative estimate of drug-likeness (QED) is 0.364. The van der Waals surface area contributed by atoms with Crippen molar-refractivity contribution in [1.82, 2.24) is 20.1 Å². The summed E-state index contributed by atoms with van der Waals surface area (Å²) in [6.45, 7) is 12.3. The SMILES string of the molecule is CCNC(=NCCN(C(C)C)C1CC1)N(C)Cc1csc(C)n1.I. The minimum absolute atomic E-state index is 0. The van der Waals surface area contributed by atoms with Crippen molar-refractivity contribution in [3.63, 3.8) is 0 Å². The number of guanidine groups is 1. The molecular formula is C17H32IN5S. The number of nitrogens with one attached hydrogen (secondary N) is 1. The number of hydrogen-bond donors (Lipinski definition) is 1. The molecule has 1 N–H and O–H groups in total. The highest BCUT2D eigenvalue weighted by atomic mass is 127. The summed E-state index contributed by atoms with van der Waals surface area (Å²) >= 11 is 1.70. The van der Waals surface area contributed by atoms with E-state index in [2.05, 4.69) is 53.3 Å². The third-order valence-electron chi connectivity index (χ3n) is 4.06. The van der Waals surface area contributed by atoms with Gasteiger partial charge in [-0.05, 0) is 40.5 Å². The van der Waals surface area contributed by atoms with E-state index in [0.717, 1.165) is 48.9 Å². The first-order chi connectivity index (χ1) is 11.0. The Morgan fingerprint density at radius 1 is 1.46 bits per heavy atom. The molecule has 0 unspecified atom stereocenters. The second-order valence-corrected chi connectivity index (χ2v) is 7.57. The minimum Gasteiger partial charge on any atom is -0.357 e. The molecule has 2 rings (SSSR count). The van der Waals surface area contributed by atoms with E-state index in [1.165, 1.54) is 12.8 Å². The van der Waals surface area contributed by atoms with Gasteiger partial charge in [0.25, 0.3) is 0 Å². The van der Waals surface area contributed by atoms with Crippen LogP contribution in [-0.4, -0.2) is 59.5 Å². The van der Waals surface area contributed by atoms with Crippen LogP contribution in [0.2, 0.25) is 0 Å². The van der Waals surface area contributed by atoms with E-state index in [1.54, 1.807) is 11.3 Å². The molecule has 0 aromatic carbocycles. The maximum Gasteiger partial charge on any atom is 0.194 e. The molecule has 0 saturated heterocycles. The summed E-state index contributed by atoms with van der Waals surface area (Å²) in [5.41, 5.74) is 1.11. The van der Waals surface area contributed by atoms with Crippen molar-refractivity contribution >= 4 is 41.3 Å². The Morgan fingerprint density at radius 3 is 2.67 bits per heavy atom. The van der Waals surface area contributed by atoms with Crippen LogP contribution in [-0.2, 0) is 6.54 Å². The molecule has 1 aromatic heterocycles. The monoisotopic (exact) mass is 465 g/mol. The normalized spacial score (nSPS) is 14.9. The van der Waals surface area contributed by atoms with Crippen molar-refractivity contribution in [2.75, 3.05) is 26.7 Å². The zero-order valence-corrected chi connectivity index (χ0v) is 18.7. The van der Waals surface area contributed by atoms with Gasteiger partial charge in [0.1, 0.15) is 0 Å². The Bertz CT molecular complexity index is 511. The summed E-state index contributed by atoms with van der Waals surface area (Å²) in [5, 5.41) is 6.64. The van der Waals surface area contributed by atoms with Crippen molar-refractivity contribution in [3.05, 3.63) is 16.1 Å². The zero-order valence-electron chi connectivity index (χ0n) is 15.6. The average Bonchev–Trinajstić information content (AvgIpc) is 3.24. The Labute approximate surface area is 168 Å². The van der Waals surface area contributed by atoms with Crippen LogP contribution in [0.3, 0.4) is 0 Å². The standard InChI is InChI=1S/C17H31N5S.HI/c1-6-18-17(21(5)11-15-12-23-14(4)20-15)19-9-10-22(13(2)3)16-7-8-16;/h12-13,16H,6-11H2,1-5H3,(H,18,19);1H. The molecule has 1 aliphatic carbocycles. The summed E-state index contributed by atoms with van der Waals surface area (Å²) in [6.07, 6.45) is 2.70. The van der Waals surface area contributed by atoms with Gasteiger partial charge in [0, 0.05) is 37.6 Å². The van der Waals surface area contributed by atoms with Crippen molar-refractivity contribution in [2.45, 2.75) is 59.2 Å². The van der Waals surface area contributed by atoms with Gasteiger partial charge in [-0.25, -0.2) is 4.98 Å². The van der Waals surface area contributed by atoms with Crippen LogP contribution in [0, 0.1) is 6.92 Å². The Kier molecular flexibility index (Phi) is 9.51. The van der Waals surface area contributed by atoms with Crippen LogP contribution in [0.25, 0.3) is 0 Å². The Morgan fingerprint density at radius 2 is 2.17 bits per heavy atom. The summed E-state index contributed by atoms with van der Waals surface area (Å²) < 4.78 is 0. The van der Waals surface area contributed by atoms with Crippen LogP contribution < -0.4 is 5.32 Å². The lowest BCUT2D eigenvalue weighted by molar-refractivity contribution is 0.217. The number of halogens is 1. The summed E-state index contributed by atoms with van der Waals surface area (Å²) in [6, 6.07) is 1.40. The molecule has 0 spiro atoms. The first-order valence-corrected chi connectivity index (χ1v) is 9.55. The lowest BCUT2D eigenvalue weighted by Gasteiger charge is -2.26. The largest absolute Gasteiger partial charge is 0.357 e. The van der Waals surface area contributed by atoms with Gasteiger partial charge in [-0.15, -0.1) is 35.3 Å². The Hall–Kier alpha value is -0.410. The average molecular weight is 465 g/mol. The number of hydrogen-bond acceptors (Lipinski definition) is 4. The lowest BCUT2D eigenvalue weighted by atomic mass is 10.3. The molecule has 0 aliphatic heterocycles. The molecule has 0 amide bonds. The van der Waals surface area contributed by atoms with Crippen LogP contribution in [0.15, 0.2) is 10.4 Å². The molecule has 7 heteroatoms. The van der Waals surface area contributed by atoms with Crippen molar-refractivity contribution in [1.29, 1.82) is 0 Å². The van der Waals surface area contributed by atoms with Gasteiger partial charge in [0.05, 0.1) is 23.8 Å². The number of thiazole rings is 1. The Balaban J connectivity index is 0.00000288. The number of aliphatic imine (C=N–C) groups is 1. The van der Waals surface area contributed by atoms with Gasteiger partial charge >= 0.3 is 0 Å². The van der Waals surface area contributed by atoms with Gasteiger partial charge in [-0.2, -0.15) is 0 Å². The van der Waals surface area contributed by atoms with Gasteiger partial charge in [-0.1, -0.05) is 0 Å². The topological polar surface area (TPSA) is 43.8 Å². The molecule has 0 bridgehead atoms. The van der Waals surface area contributed by atoms with E-state index in [9.17, 15) is 0 Å². The molecular weight excluding hydrogens is 433 g/mol. The summed E-state index contributed by atoms with van der Waals surface area (Å²) in [5.74, 6) is 0.970. The smallest absolute Gasteiger partial charge is 0.194 e. The molecule has 0 atom stereocenters. The molecule has 0 radical (unpaired) electrons. The predicted octanol–water partition coefficient (Wildman–Crippen LogP) is 3.34. The van der Waals surface area contributed by atoms with Crippen LogP contribution in [0.5, 0.6) is 0 Å². The van der Waals surface area contributed by atoms with Crippen LogP contribution >= 0.6 is 35.3 Å². The van der Waals surface area contributed by atoms with E-state index in [1.807, 2.05) is 6.92 Å². The zero-order chi connectivity index (χ0) is 16.8. The number of rotatable bonds is 8. The first kappa shape index (κ1) is 21.6. The highest BCUT2D eigenvalue weighted by Crippen LogP contribution is 2.28. The number of aromatic nitrogens is 1. The van der Waals surface area contributed by atoms with Crippen molar-refractivity contribution in [3.8, 4) is 0 Å². The van der Waals surface area contributed by atoms with Gasteiger partial charge in [-0.3, -0.25) is 9.89 Å². The van der Waals surface area contributed by atoms with Crippen molar-refractivity contribution < 1.29 is 0 Å². The molecule has 1 fully saturated rings. The molecule has 1 aliphatic rings. The fraction of sp³-hybridized carbons (Fsp3) is 0.765.